The molecule has 0 saturated heterocycles. The first-order chi connectivity index (χ1) is 5.44. The zero-order valence-electron chi connectivity index (χ0n) is 6.32. The molecule has 0 aromatic heterocycles. The molecule has 4 N–H and O–H groups in total. The average Bonchev–Trinajstić information content (AvgIpc) is 1.80. The molecule has 0 aliphatic rings. The molecule has 1 unspecified atom stereocenters. The van der Waals surface area contributed by atoms with Crippen LogP contribution in [0.15, 0.2) is 0 Å². The van der Waals surface area contributed by atoms with Crippen LogP contribution in [0.25, 0.3) is 0 Å². The highest BCUT2D eigenvalue weighted by atomic mass is 32.3. The molecule has 0 aromatic rings. The van der Waals surface area contributed by atoms with E-state index in [1.807, 2.05) is 0 Å². The van der Waals surface area contributed by atoms with Crippen LogP contribution in [-0.2, 0) is 20.2 Å². The maximum absolute atomic E-state index is 10.3. The Kier molecular flexibility index (Phi) is 3.09. The summed E-state index contributed by atoms with van der Waals surface area (Å²) < 4.78 is 53.9. The van der Waals surface area contributed by atoms with Gasteiger partial charge in [-0.25, -0.2) is 0 Å². The third-order valence-corrected chi connectivity index (χ3v) is 4.69. The highest BCUT2D eigenvalue weighted by Gasteiger charge is 2.57. The van der Waals surface area contributed by atoms with E-state index < -0.39 is 30.6 Å². The van der Waals surface area contributed by atoms with Crippen LogP contribution in [0.2, 0.25) is 0 Å². The Morgan fingerprint density at radius 3 is 1.31 bits per heavy atom. The second-order valence-corrected chi connectivity index (χ2v) is 5.66. The van der Waals surface area contributed by atoms with Crippen LogP contribution in [-0.4, -0.2) is 46.5 Å². The van der Waals surface area contributed by atoms with Gasteiger partial charge in [-0.1, -0.05) is 0 Å². The Morgan fingerprint density at radius 2 is 1.31 bits per heavy atom. The van der Waals surface area contributed by atoms with Gasteiger partial charge < -0.3 is 10.2 Å². The van der Waals surface area contributed by atoms with Crippen LogP contribution < -0.4 is 0 Å². The molecule has 0 radical (unpaired) electrons. The fourth-order valence-corrected chi connectivity index (χ4v) is 2.49. The summed E-state index contributed by atoms with van der Waals surface area (Å²) in [5.41, 5.74) is 0. The summed E-state index contributed by atoms with van der Waals surface area (Å²) >= 11 is 0. The molecular formula is C3H8O8S2. The van der Waals surface area contributed by atoms with E-state index in [0.717, 1.165) is 0 Å². The van der Waals surface area contributed by atoms with E-state index >= 15 is 0 Å². The highest BCUT2D eigenvalue weighted by Crippen LogP contribution is 2.23. The van der Waals surface area contributed by atoms with Crippen LogP contribution in [0.1, 0.15) is 6.92 Å². The van der Waals surface area contributed by atoms with E-state index in [9.17, 15) is 16.8 Å². The van der Waals surface area contributed by atoms with Crippen LogP contribution in [0.3, 0.4) is 0 Å². The first-order valence-electron chi connectivity index (χ1n) is 2.79. The van der Waals surface area contributed by atoms with Crippen molar-refractivity contribution in [2.24, 2.45) is 0 Å². The number of hydrogen-bond acceptors (Lipinski definition) is 6. The molecule has 0 aliphatic carbocycles. The van der Waals surface area contributed by atoms with Gasteiger partial charge in [0.1, 0.15) is 6.10 Å². The normalized spacial score (nSPS) is 17.0. The summed E-state index contributed by atoms with van der Waals surface area (Å²) in [6.45, 7) is 0.571. The second kappa shape index (κ2) is 3.15. The van der Waals surface area contributed by atoms with Crippen molar-refractivity contribution in [1.29, 1.82) is 0 Å². The third-order valence-electron chi connectivity index (χ3n) is 1.27. The maximum atomic E-state index is 10.3. The molecule has 0 spiro atoms. The van der Waals surface area contributed by atoms with Crippen LogP contribution in [0.4, 0.5) is 0 Å². The average molecular weight is 236 g/mol. The van der Waals surface area contributed by atoms with Gasteiger partial charge in [-0.2, -0.15) is 16.8 Å². The van der Waals surface area contributed by atoms with Gasteiger partial charge in [-0.3, -0.25) is 9.11 Å². The summed E-state index contributed by atoms with van der Waals surface area (Å²) in [5.74, 6) is 0. The molecule has 8 nitrogen and oxygen atoms in total. The number of hydrogen-bond donors (Lipinski definition) is 4. The van der Waals surface area contributed by atoms with E-state index in [-0.39, 0.29) is 0 Å². The molecule has 10 heteroatoms. The van der Waals surface area contributed by atoms with Gasteiger partial charge in [-0.15, -0.1) is 0 Å². The van der Waals surface area contributed by atoms with Gasteiger partial charge in [0.2, 0.25) is 0 Å². The summed E-state index contributed by atoms with van der Waals surface area (Å²) in [7, 11) is -11.1. The molecular weight excluding hydrogens is 228 g/mol. The lowest BCUT2D eigenvalue weighted by atomic mass is 10.4. The predicted molar refractivity (Wildman–Crippen MR) is 39.7 cm³/mol. The zero-order valence-corrected chi connectivity index (χ0v) is 7.95. The Hall–Kier alpha value is -0.260. The van der Waals surface area contributed by atoms with Crippen molar-refractivity contribution < 1.29 is 36.2 Å². The fraction of sp³-hybridized carbons (Fsp3) is 1.00. The van der Waals surface area contributed by atoms with Crippen molar-refractivity contribution >= 4 is 20.2 Å². The fourth-order valence-electron chi connectivity index (χ4n) is 0.564. The Morgan fingerprint density at radius 1 is 1.08 bits per heavy atom. The van der Waals surface area contributed by atoms with Crippen molar-refractivity contribution in [3.05, 3.63) is 0 Å². The van der Waals surface area contributed by atoms with Gasteiger partial charge >= 0.3 is 24.5 Å². The van der Waals surface area contributed by atoms with Crippen molar-refractivity contribution in [1.82, 2.24) is 0 Å². The quantitative estimate of drug-likeness (QED) is 0.403. The summed E-state index contributed by atoms with van der Waals surface area (Å²) in [5, 5.41) is 17.4. The molecule has 0 saturated carbocycles. The zero-order chi connectivity index (χ0) is 11.1. The van der Waals surface area contributed by atoms with E-state index in [1.165, 1.54) is 0 Å². The molecule has 0 heterocycles. The van der Waals surface area contributed by atoms with Crippen molar-refractivity contribution in [2.75, 3.05) is 0 Å². The molecule has 1 atom stereocenters. The number of aliphatic hydroxyl groups is 2. The maximum Gasteiger partial charge on any atom is 0.344 e. The first kappa shape index (κ1) is 12.7. The van der Waals surface area contributed by atoms with E-state index in [1.54, 1.807) is 0 Å². The Balaban J connectivity index is 5.80. The third kappa shape index (κ3) is 1.98. The lowest BCUT2D eigenvalue weighted by Gasteiger charge is -2.23. The second-order valence-electron chi connectivity index (χ2n) is 2.26. The predicted octanol–water partition coefficient (Wildman–Crippen LogP) is -2.21. The molecule has 0 aromatic carbocycles. The minimum atomic E-state index is -5.55. The number of rotatable bonds is 3. The van der Waals surface area contributed by atoms with Gasteiger partial charge in [0, 0.05) is 0 Å². The van der Waals surface area contributed by atoms with Crippen molar-refractivity contribution in [2.45, 2.75) is 17.3 Å². The first-order valence-corrected chi connectivity index (χ1v) is 5.67. The Labute approximate surface area is 74.3 Å². The summed E-state index contributed by atoms with van der Waals surface area (Å²) in [4.78, 5) is 0. The monoisotopic (exact) mass is 236 g/mol. The van der Waals surface area contributed by atoms with Gasteiger partial charge in [0.25, 0.3) is 0 Å². The smallest absolute Gasteiger partial charge is 0.344 e. The highest BCUT2D eigenvalue weighted by molar-refractivity contribution is 8.05. The Bertz CT molecular complexity index is 342. The van der Waals surface area contributed by atoms with Crippen molar-refractivity contribution in [3.8, 4) is 0 Å². The topological polar surface area (TPSA) is 149 Å². The molecule has 13 heavy (non-hydrogen) atoms. The summed E-state index contributed by atoms with van der Waals surface area (Å²) in [6.07, 6.45) is -2.41. The molecule has 0 amide bonds. The molecule has 0 rings (SSSR count). The van der Waals surface area contributed by atoms with Crippen molar-refractivity contribution in [3.63, 3.8) is 0 Å². The van der Waals surface area contributed by atoms with Crippen LogP contribution in [0.5, 0.6) is 0 Å². The minimum Gasteiger partial charge on any atom is -0.388 e. The van der Waals surface area contributed by atoms with Crippen LogP contribution >= 0.6 is 0 Å². The molecule has 0 bridgehead atoms. The van der Waals surface area contributed by atoms with Crippen LogP contribution in [0, 0.1) is 0 Å². The van der Waals surface area contributed by atoms with Gasteiger partial charge in [-0.05, 0) is 6.92 Å². The SMILES string of the molecule is CC(O)C(O)(S(=O)(=O)O)S(=O)(=O)O. The van der Waals surface area contributed by atoms with Gasteiger partial charge in [0.15, 0.2) is 0 Å². The molecule has 0 fully saturated rings. The lowest BCUT2D eigenvalue weighted by Crippen LogP contribution is -2.53. The standard InChI is InChI=1S/C3H8O8S2/c1-2(4)3(5,12(6,7)8)13(9,10)11/h2,4-5H,1H3,(H,6,7,8)(H,9,10,11). The van der Waals surface area contributed by atoms with Gasteiger partial charge in [0.05, 0.1) is 0 Å². The number of aliphatic hydroxyl groups excluding tert-OH is 1. The molecule has 0 aliphatic heterocycles. The van der Waals surface area contributed by atoms with E-state index in [2.05, 4.69) is 0 Å². The largest absolute Gasteiger partial charge is 0.388 e. The van der Waals surface area contributed by atoms with E-state index in [0.29, 0.717) is 6.92 Å². The minimum absolute atomic E-state index is 0.571. The lowest BCUT2D eigenvalue weighted by molar-refractivity contribution is 0.0406. The molecule has 80 valence electrons. The van der Waals surface area contributed by atoms with E-state index in [4.69, 9.17) is 19.3 Å². The summed E-state index contributed by atoms with van der Waals surface area (Å²) in [6, 6.07) is 0.